The average molecular weight is 308 g/mol. The van der Waals surface area contributed by atoms with Gasteiger partial charge in [0.2, 0.25) is 0 Å². The number of ether oxygens (including phenoxy) is 1. The number of fused-ring (bicyclic) bond motifs is 1. The van der Waals surface area contributed by atoms with E-state index in [2.05, 4.69) is 26.7 Å². The number of aromatic nitrogens is 2. The van der Waals surface area contributed by atoms with E-state index < -0.39 is 0 Å². The summed E-state index contributed by atoms with van der Waals surface area (Å²) in [5.74, 6) is 0.185. The fourth-order valence-corrected chi connectivity index (χ4v) is 3.57. The minimum Gasteiger partial charge on any atom is -0.378 e. The van der Waals surface area contributed by atoms with Crippen LogP contribution in [0.1, 0.15) is 32.4 Å². The summed E-state index contributed by atoms with van der Waals surface area (Å²) >= 11 is 0. The van der Waals surface area contributed by atoms with Crippen LogP contribution in [0.3, 0.4) is 0 Å². The molecule has 2 fully saturated rings. The molecule has 2 saturated heterocycles. The van der Waals surface area contributed by atoms with Crippen LogP contribution in [0.15, 0.2) is 6.33 Å². The fourth-order valence-electron chi connectivity index (χ4n) is 3.57. The summed E-state index contributed by atoms with van der Waals surface area (Å²) in [6.07, 6.45) is 4.40. The van der Waals surface area contributed by atoms with Crippen molar-refractivity contribution in [2.75, 3.05) is 37.7 Å². The Kier molecular flexibility index (Phi) is 4.88. The molecule has 0 N–H and O–H groups in total. The highest BCUT2D eigenvalue weighted by atomic mass is 19.1. The predicted octanol–water partition coefficient (Wildman–Crippen LogP) is 1.87. The molecule has 3 heterocycles. The highest BCUT2D eigenvalue weighted by molar-refractivity contribution is 5.42. The van der Waals surface area contributed by atoms with Crippen LogP contribution in [0.2, 0.25) is 0 Å². The van der Waals surface area contributed by atoms with Crippen LogP contribution in [-0.4, -0.2) is 59.8 Å². The van der Waals surface area contributed by atoms with Crippen molar-refractivity contribution in [1.82, 2.24) is 14.9 Å². The molecule has 22 heavy (non-hydrogen) atoms. The molecule has 1 aromatic heterocycles. The van der Waals surface area contributed by atoms with E-state index in [-0.39, 0.29) is 5.82 Å². The van der Waals surface area contributed by atoms with E-state index in [4.69, 9.17) is 4.74 Å². The monoisotopic (exact) mass is 308 g/mol. The Bertz CT molecular complexity index is 511. The van der Waals surface area contributed by atoms with Gasteiger partial charge in [-0.1, -0.05) is 20.3 Å². The van der Waals surface area contributed by atoms with Gasteiger partial charge in [0.1, 0.15) is 6.33 Å². The summed E-state index contributed by atoms with van der Waals surface area (Å²) in [7, 11) is 0. The molecule has 5 nitrogen and oxygen atoms in total. The van der Waals surface area contributed by atoms with Gasteiger partial charge in [-0.2, -0.15) is 0 Å². The van der Waals surface area contributed by atoms with Gasteiger partial charge in [-0.05, 0) is 12.8 Å². The quantitative estimate of drug-likeness (QED) is 0.849. The van der Waals surface area contributed by atoms with E-state index in [1.165, 1.54) is 19.2 Å². The summed E-state index contributed by atoms with van der Waals surface area (Å²) in [6.45, 7) is 8.21. The van der Waals surface area contributed by atoms with Crippen molar-refractivity contribution in [3.05, 3.63) is 17.8 Å². The number of morpholine rings is 1. The molecule has 0 spiro atoms. The molecule has 2 aliphatic heterocycles. The lowest BCUT2D eigenvalue weighted by Crippen LogP contribution is -2.62. The molecule has 3 rings (SSSR count). The molecule has 6 heteroatoms. The van der Waals surface area contributed by atoms with Gasteiger partial charge in [0.05, 0.1) is 24.9 Å². The van der Waals surface area contributed by atoms with Crippen LogP contribution in [0.4, 0.5) is 10.2 Å². The number of hydrogen-bond donors (Lipinski definition) is 0. The first-order valence-corrected chi connectivity index (χ1v) is 8.32. The Hall–Kier alpha value is -1.27. The van der Waals surface area contributed by atoms with Crippen LogP contribution in [-0.2, 0) is 11.2 Å². The second-order valence-electron chi connectivity index (χ2n) is 6.13. The van der Waals surface area contributed by atoms with Crippen molar-refractivity contribution in [3.63, 3.8) is 0 Å². The Morgan fingerprint density at radius 3 is 2.91 bits per heavy atom. The summed E-state index contributed by atoms with van der Waals surface area (Å²) in [6, 6.07) is 0.839. The maximum atomic E-state index is 14.5. The molecule has 0 bridgehead atoms. The van der Waals surface area contributed by atoms with Crippen LogP contribution in [0, 0.1) is 5.82 Å². The third-order valence-electron chi connectivity index (χ3n) is 4.72. The zero-order chi connectivity index (χ0) is 15.5. The SMILES string of the molecule is CCC[C@H]1COC[C@H]2CN(c3ncnc(CC)c3F)CCN12. The van der Waals surface area contributed by atoms with E-state index in [1.54, 1.807) is 0 Å². The first kappa shape index (κ1) is 15.6. The van der Waals surface area contributed by atoms with Gasteiger partial charge < -0.3 is 9.64 Å². The maximum absolute atomic E-state index is 14.5. The summed E-state index contributed by atoms with van der Waals surface area (Å²) in [4.78, 5) is 12.8. The first-order valence-electron chi connectivity index (χ1n) is 8.32. The largest absolute Gasteiger partial charge is 0.378 e. The van der Waals surface area contributed by atoms with Gasteiger partial charge in [-0.25, -0.2) is 14.4 Å². The van der Waals surface area contributed by atoms with Gasteiger partial charge in [0.15, 0.2) is 11.6 Å². The molecule has 122 valence electrons. The number of aryl methyl sites for hydroxylation is 1. The minimum absolute atomic E-state index is 0.264. The van der Waals surface area contributed by atoms with E-state index >= 15 is 0 Å². The van der Waals surface area contributed by atoms with Crippen molar-refractivity contribution in [3.8, 4) is 0 Å². The Morgan fingerprint density at radius 1 is 1.27 bits per heavy atom. The van der Waals surface area contributed by atoms with Gasteiger partial charge >= 0.3 is 0 Å². The molecular formula is C16H25FN4O. The van der Waals surface area contributed by atoms with E-state index in [9.17, 15) is 4.39 Å². The Morgan fingerprint density at radius 2 is 2.14 bits per heavy atom. The van der Waals surface area contributed by atoms with E-state index in [0.717, 1.165) is 32.8 Å². The second kappa shape index (κ2) is 6.87. The van der Waals surface area contributed by atoms with Crippen molar-refractivity contribution >= 4 is 5.82 Å². The number of hydrogen-bond acceptors (Lipinski definition) is 5. The molecule has 0 aliphatic carbocycles. The standard InChI is InChI=1S/C16H25FN4O/c1-3-5-12-9-22-10-13-8-20(6-7-21(12)13)16-15(17)14(4-2)18-11-19-16/h11-13H,3-10H2,1-2H3/t12-,13+/m0/s1. The van der Waals surface area contributed by atoms with Crippen LogP contribution in [0.5, 0.6) is 0 Å². The number of anilines is 1. The number of halogens is 1. The zero-order valence-electron chi connectivity index (χ0n) is 13.5. The number of rotatable bonds is 4. The normalized spacial score (nSPS) is 26.0. The predicted molar refractivity (Wildman–Crippen MR) is 83.6 cm³/mol. The summed E-state index contributed by atoms with van der Waals surface area (Å²) < 4.78 is 20.2. The maximum Gasteiger partial charge on any atom is 0.187 e. The van der Waals surface area contributed by atoms with Crippen LogP contribution in [0.25, 0.3) is 0 Å². The molecule has 0 unspecified atom stereocenters. The Labute approximate surface area is 131 Å². The summed E-state index contributed by atoms with van der Waals surface area (Å²) in [5.41, 5.74) is 0.496. The zero-order valence-corrected chi connectivity index (χ0v) is 13.5. The van der Waals surface area contributed by atoms with Crippen LogP contribution >= 0.6 is 0 Å². The van der Waals surface area contributed by atoms with Crippen molar-refractivity contribution < 1.29 is 9.13 Å². The number of nitrogens with zero attached hydrogens (tertiary/aromatic N) is 4. The fraction of sp³-hybridized carbons (Fsp3) is 0.750. The third-order valence-corrected chi connectivity index (χ3v) is 4.72. The van der Waals surface area contributed by atoms with Gasteiger partial charge in [0, 0.05) is 25.7 Å². The lowest BCUT2D eigenvalue weighted by molar-refractivity contribution is -0.0559. The first-order chi connectivity index (χ1) is 10.7. The van der Waals surface area contributed by atoms with Gasteiger partial charge in [0.25, 0.3) is 0 Å². The molecule has 0 amide bonds. The lowest BCUT2D eigenvalue weighted by Gasteiger charge is -2.48. The Balaban J connectivity index is 1.74. The highest BCUT2D eigenvalue weighted by Gasteiger charge is 2.36. The number of piperazine rings is 1. The van der Waals surface area contributed by atoms with Crippen LogP contribution < -0.4 is 4.90 Å². The molecule has 1 aromatic rings. The molecule has 0 aromatic carbocycles. The minimum atomic E-state index is -0.264. The second-order valence-corrected chi connectivity index (χ2v) is 6.13. The average Bonchev–Trinajstić information content (AvgIpc) is 2.55. The smallest absolute Gasteiger partial charge is 0.187 e. The van der Waals surface area contributed by atoms with Crippen molar-refractivity contribution in [2.45, 2.75) is 45.2 Å². The van der Waals surface area contributed by atoms with Gasteiger partial charge in [-0.3, -0.25) is 4.90 Å². The molecule has 0 radical (unpaired) electrons. The van der Waals surface area contributed by atoms with Crippen molar-refractivity contribution in [1.29, 1.82) is 0 Å². The summed E-state index contributed by atoms with van der Waals surface area (Å²) in [5, 5.41) is 0. The third kappa shape index (κ3) is 2.94. The highest BCUT2D eigenvalue weighted by Crippen LogP contribution is 2.26. The van der Waals surface area contributed by atoms with Gasteiger partial charge in [-0.15, -0.1) is 0 Å². The van der Waals surface area contributed by atoms with E-state index in [0.29, 0.717) is 30.0 Å². The lowest BCUT2D eigenvalue weighted by atomic mass is 10.0. The molecule has 0 saturated carbocycles. The topological polar surface area (TPSA) is 41.5 Å². The van der Waals surface area contributed by atoms with Crippen molar-refractivity contribution in [2.24, 2.45) is 0 Å². The molecular weight excluding hydrogens is 283 g/mol. The molecule has 2 atom stereocenters. The van der Waals surface area contributed by atoms with E-state index in [1.807, 2.05) is 6.92 Å². The molecule has 2 aliphatic rings.